The second kappa shape index (κ2) is 6.29. The highest BCUT2D eigenvalue weighted by atomic mass is 32.1. The molecule has 0 bridgehead atoms. The minimum Gasteiger partial charge on any atom is -0.481 e. The summed E-state index contributed by atoms with van der Waals surface area (Å²) in [6.07, 6.45) is 5.66. The lowest BCUT2D eigenvalue weighted by molar-refractivity contribution is -0.143. The Hall–Kier alpha value is -0.940. The van der Waals surface area contributed by atoms with E-state index in [2.05, 4.69) is 10.3 Å². The van der Waals surface area contributed by atoms with Gasteiger partial charge in [0.25, 0.3) is 0 Å². The number of aromatic nitrogens is 1. The molecule has 1 fully saturated rings. The van der Waals surface area contributed by atoms with Crippen molar-refractivity contribution in [3.8, 4) is 0 Å². The lowest BCUT2D eigenvalue weighted by Gasteiger charge is -2.26. The van der Waals surface area contributed by atoms with Gasteiger partial charge in [-0.2, -0.15) is 0 Å². The number of thiazole rings is 1. The molecule has 1 saturated carbocycles. The van der Waals surface area contributed by atoms with Crippen molar-refractivity contribution < 1.29 is 9.90 Å². The molecule has 1 heterocycles. The zero-order valence-electron chi connectivity index (χ0n) is 10.7. The number of aryl methyl sites for hydroxylation is 1. The first kappa shape index (κ1) is 13.5. The highest BCUT2D eigenvalue weighted by molar-refractivity contribution is 7.11. The molecule has 1 aromatic rings. The third kappa shape index (κ3) is 3.78. The number of rotatable bonds is 5. The molecule has 2 rings (SSSR count). The number of carboxylic acid groups (broad SMARTS) is 1. The summed E-state index contributed by atoms with van der Waals surface area (Å²) < 4.78 is 0. The Kier molecular flexibility index (Phi) is 4.72. The Labute approximate surface area is 111 Å². The van der Waals surface area contributed by atoms with Gasteiger partial charge in [0, 0.05) is 17.6 Å². The van der Waals surface area contributed by atoms with Gasteiger partial charge in [0.15, 0.2) is 0 Å². The highest BCUT2D eigenvalue weighted by Crippen LogP contribution is 2.28. The maximum absolute atomic E-state index is 10.8. The van der Waals surface area contributed by atoms with E-state index in [0.29, 0.717) is 5.92 Å². The monoisotopic (exact) mass is 268 g/mol. The van der Waals surface area contributed by atoms with Gasteiger partial charge in [-0.25, -0.2) is 4.98 Å². The molecule has 0 saturated heterocycles. The number of hydrogen-bond acceptors (Lipinski definition) is 4. The van der Waals surface area contributed by atoms with Crippen LogP contribution < -0.4 is 5.32 Å². The summed E-state index contributed by atoms with van der Waals surface area (Å²) in [5.41, 5.74) is 0. The second-order valence-electron chi connectivity index (χ2n) is 5.03. The topological polar surface area (TPSA) is 62.2 Å². The van der Waals surface area contributed by atoms with Crippen LogP contribution >= 0.6 is 11.3 Å². The van der Waals surface area contributed by atoms with Gasteiger partial charge in [-0.15, -0.1) is 11.3 Å². The largest absolute Gasteiger partial charge is 0.481 e. The molecule has 0 aromatic carbocycles. The molecular weight excluding hydrogens is 248 g/mol. The van der Waals surface area contributed by atoms with Crippen LogP contribution in [0.25, 0.3) is 0 Å². The van der Waals surface area contributed by atoms with Crippen molar-refractivity contribution in [3.05, 3.63) is 16.1 Å². The normalized spacial score (nSPS) is 24.1. The van der Waals surface area contributed by atoms with E-state index in [0.717, 1.165) is 43.8 Å². The lowest BCUT2D eigenvalue weighted by atomic mass is 9.82. The summed E-state index contributed by atoms with van der Waals surface area (Å²) in [6.45, 7) is 3.88. The summed E-state index contributed by atoms with van der Waals surface area (Å²) in [6, 6.07) is 0. The van der Waals surface area contributed by atoms with Gasteiger partial charge >= 0.3 is 5.97 Å². The van der Waals surface area contributed by atoms with Crippen molar-refractivity contribution in [1.82, 2.24) is 10.3 Å². The minimum absolute atomic E-state index is 0.106. The zero-order chi connectivity index (χ0) is 13.0. The van der Waals surface area contributed by atoms with E-state index in [1.807, 2.05) is 13.1 Å². The summed E-state index contributed by atoms with van der Waals surface area (Å²) in [7, 11) is 0. The average molecular weight is 268 g/mol. The third-order valence-corrected chi connectivity index (χ3v) is 4.51. The molecule has 1 aliphatic rings. The number of nitrogens with zero attached hydrogens (tertiary/aromatic N) is 1. The van der Waals surface area contributed by atoms with Crippen molar-refractivity contribution in [3.63, 3.8) is 0 Å². The number of carbonyl (C=O) groups is 1. The molecule has 18 heavy (non-hydrogen) atoms. The number of aliphatic carboxylic acids is 1. The van der Waals surface area contributed by atoms with Gasteiger partial charge in [-0.3, -0.25) is 4.79 Å². The Balaban J connectivity index is 1.65. The summed E-state index contributed by atoms with van der Waals surface area (Å²) in [5, 5.41) is 13.5. The Bertz CT molecular complexity index is 397. The van der Waals surface area contributed by atoms with Crippen LogP contribution in [0.3, 0.4) is 0 Å². The van der Waals surface area contributed by atoms with Crippen LogP contribution in [0, 0.1) is 18.8 Å². The van der Waals surface area contributed by atoms with E-state index in [1.54, 1.807) is 11.3 Å². The molecular formula is C13H20N2O2S. The molecule has 100 valence electrons. The smallest absolute Gasteiger partial charge is 0.306 e. The van der Waals surface area contributed by atoms with E-state index >= 15 is 0 Å². The first-order valence-electron chi connectivity index (χ1n) is 6.50. The minimum atomic E-state index is -0.624. The van der Waals surface area contributed by atoms with E-state index in [-0.39, 0.29) is 5.92 Å². The second-order valence-corrected chi connectivity index (χ2v) is 6.35. The van der Waals surface area contributed by atoms with Crippen LogP contribution in [0.5, 0.6) is 0 Å². The predicted molar refractivity (Wildman–Crippen MR) is 71.6 cm³/mol. The molecule has 0 unspecified atom stereocenters. The van der Waals surface area contributed by atoms with Crippen molar-refractivity contribution in [1.29, 1.82) is 0 Å². The van der Waals surface area contributed by atoms with Crippen LogP contribution in [0.1, 0.15) is 35.6 Å². The van der Waals surface area contributed by atoms with E-state index in [9.17, 15) is 4.79 Å². The molecule has 4 nitrogen and oxygen atoms in total. The molecule has 0 amide bonds. The highest BCUT2D eigenvalue weighted by Gasteiger charge is 2.25. The molecule has 1 aromatic heterocycles. The van der Waals surface area contributed by atoms with Gasteiger partial charge in [0.05, 0.1) is 10.9 Å². The summed E-state index contributed by atoms with van der Waals surface area (Å²) in [5.74, 6) is -0.0958. The van der Waals surface area contributed by atoms with Crippen LogP contribution in [-0.2, 0) is 11.3 Å². The molecule has 0 atom stereocenters. The van der Waals surface area contributed by atoms with Crippen LogP contribution in [-0.4, -0.2) is 22.6 Å². The van der Waals surface area contributed by atoms with Crippen LogP contribution in [0.2, 0.25) is 0 Å². The van der Waals surface area contributed by atoms with Gasteiger partial charge in [-0.05, 0) is 45.1 Å². The van der Waals surface area contributed by atoms with Crippen molar-refractivity contribution >= 4 is 17.3 Å². The van der Waals surface area contributed by atoms with E-state index in [4.69, 9.17) is 5.11 Å². The SMILES string of the molecule is Cc1ncc(CNCC2CCC(C(=O)O)CC2)s1. The van der Waals surface area contributed by atoms with Crippen molar-refractivity contribution in [2.45, 2.75) is 39.2 Å². The molecule has 0 spiro atoms. The number of hydrogen-bond donors (Lipinski definition) is 2. The van der Waals surface area contributed by atoms with E-state index in [1.165, 1.54) is 4.88 Å². The first-order valence-corrected chi connectivity index (χ1v) is 7.31. The van der Waals surface area contributed by atoms with Crippen LogP contribution in [0.15, 0.2) is 6.20 Å². The maximum atomic E-state index is 10.8. The average Bonchev–Trinajstić information content (AvgIpc) is 2.76. The lowest BCUT2D eigenvalue weighted by Crippen LogP contribution is -2.28. The zero-order valence-corrected chi connectivity index (χ0v) is 11.5. The Morgan fingerprint density at radius 1 is 1.50 bits per heavy atom. The summed E-state index contributed by atoms with van der Waals surface area (Å²) >= 11 is 1.73. The molecule has 1 aliphatic carbocycles. The number of nitrogens with one attached hydrogen (secondary N) is 1. The fraction of sp³-hybridized carbons (Fsp3) is 0.692. The van der Waals surface area contributed by atoms with Gasteiger partial charge in [0.1, 0.15) is 0 Å². The Morgan fingerprint density at radius 3 is 2.78 bits per heavy atom. The van der Waals surface area contributed by atoms with Gasteiger partial charge in [-0.1, -0.05) is 0 Å². The molecule has 5 heteroatoms. The Morgan fingerprint density at radius 2 is 2.22 bits per heavy atom. The fourth-order valence-corrected chi connectivity index (χ4v) is 3.26. The van der Waals surface area contributed by atoms with Crippen molar-refractivity contribution in [2.24, 2.45) is 11.8 Å². The quantitative estimate of drug-likeness (QED) is 0.861. The fourth-order valence-electron chi connectivity index (χ4n) is 2.50. The predicted octanol–water partition coefficient (Wildman–Crippen LogP) is 2.43. The van der Waals surface area contributed by atoms with Gasteiger partial charge < -0.3 is 10.4 Å². The maximum Gasteiger partial charge on any atom is 0.306 e. The number of carboxylic acids is 1. The van der Waals surface area contributed by atoms with E-state index < -0.39 is 5.97 Å². The van der Waals surface area contributed by atoms with Crippen LogP contribution in [0.4, 0.5) is 0 Å². The van der Waals surface area contributed by atoms with Gasteiger partial charge in [0.2, 0.25) is 0 Å². The van der Waals surface area contributed by atoms with Crippen molar-refractivity contribution in [2.75, 3.05) is 6.54 Å². The molecule has 2 N–H and O–H groups in total. The third-order valence-electron chi connectivity index (χ3n) is 3.60. The molecule has 0 aliphatic heterocycles. The molecule has 0 radical (unpaired) electrons. The summed E-state index contributed by atoms with van der Waals surface area (Å²) in [4.78, 5) is 16.3. The first-order chi connectivity index (χ1) is 8.65. The standard InChI is InChI=1S/C13H20N2O2S/c1-9-15-8-12(18-9)7-14-6-10-2-4-11(5-3-10)13(16)17/h8,10-11,14H,2-7H2,1H3,(H,16,17).